The third-order valence-corrected chi connectivity index (χ3v) is 3.96. The summed E-state index contributed by atoms with van der Waals surface area (Å²) >= 11 is 0. The lowest BCUT2D eigenvalue weighted by Gasteiger charge is -2.32. The van der Waals surface area contributed by atoms with Gasteiger partial charge in [-0.15, -0.1) is 0 Å². The molecule has 0 unspecified atom stereocenters. The van der Waals surface area contributed by atoms with Crippen LogP contribution in [0.25, 0.3) is 0 Å². The zero-order chi connectivity index (χ0) is 12.9. The summed E-state index contributed by atoms with van der Waals surface area (Å²) in [7, 11) is 0. The average molecular weight is 247 g/mol. The molecule has 0 atom stereocenters. The maximum atomic E-state index is 14.2. The van der Waals surface area contributed by atoms with E-state index in [1.165, 1.54) is 0 Å². The van der Waals surface area contributed by atoms with Gasteiger partial charge in [0.15, 0.2) is 0 Å². The Morgan fingerprint density at radius 3 is 2.67 bits per heavy atom. The van der Waals surface area contributed by atoms with Crippen LogP contribution in [0.3, 0.4) is 0 Å². The topological polar surface area (TPSA) is 20.3 Å². The van der Waals surface area contributed by atoms with E-state index >= 15 is 0 Å². The van der Waals surface area contributed by atoms with Crippen LogP contribution in [0.1, 0.15) is 54.1 Å². The smallest absolute Gasteiger partial charge is 0.257 e. The van der Waals surface area contributed by atoms with E-state index in [4.69, 9.17) is 0 Å². The van der Waals surface area contributed by atoms with Crippen molar-refractivity contribution in [3.63, 3.8) is 0 Å². The molecule has 0 aromatic heterocycles. The molecule has 0 radical (unpaired) electrons. The summed E-state index contributed by atoms with van der Waals surface area (Å²) in [6.45, 7) is 4.65. The van der Waals surface area contributed by atoms with Gasteiger partial charge >= 0.3 is 0 Å². The molecular formula is C15H18FNO. The van der Waals surface area contributed by atoms with Crippen LogP contribution < -0.4 is 0 Å². The Balaban J connectivity index is 2.02. The summed E-state index contributed by atoms with van der Waals surface area (Å²) < 4.78 is 14.2. The molecule has 2 nitrogen and oxygen atoms in total. The molecule has 1 heterocycles. The zero-order valence-corrected chi connectivity index (χ0v) is 10.9. The molecule has 2 aliphatic rings. The van der Waals surface area contributed by atoms with Crippen molar-refractivity contribution in [3.8, 4) is 0 Å². The molecule has 96 valence electrons. The lowest BCUT2D eigenvalue weighted by Crippen LogP contribution is -2.42. The molecule has 0 N–H and O–H groups in total. The number of fused-ring (bicyclic) bond motifs is 1. The van der Waals surface area contributed by atoms with E-state index in [1.54, 1.807) is 11.0 Å². The largest absolute Gasteiger partial charge is 0.336 e. The monoisotopic (exact) mass is 247 g/mol. The highest BCUT2D eigenvalue weighted by molar-refractivity contribution is 5.97. The molecule has 3 heteroatoms. The Kier molecular flexibility index (Phi) is 2.65. The summed E-state index contributed by atoms with van der Waals surface area (Å²) in [4.78, 5) is 14.0. The first-order valence-electron chi connectivity index (χ1n) is 6.71. The fourth-order valence-corrected chi connectivity index (χ4v) is 2.75. The zero-order valence-electron chi connectivity index (χ0n) is 10.9. The van der Waals surface area contributed by atoms with Gasteiger partial charge in [0, 0.05) is 12.6 Å². The maximum absolute atomic E-state index is 14.2. The van der Waals surface area contributed by atoms with Gasteiger partial charge in [0.1, 0.15) is 5.82 Å². The molecular weight excluding hydrogens is 229 g/mol. The number of nitrogens with zero attached hydrogens (tertiary/aromatic N) is 1. The second-order valence-corrected chi connectivity index (χ2v) is 5.65. The summed E-state index contributed by atoms with van der Waals surface area (Å²) in [5.74, 6) is 0.0545. The lowest BCUT2D eigenvalue weighted by molar-refractivity contribution is 0.0683. The van der Waals surface area contributed by atoms with Crippen molar-refractivity contribution in [1.82, 2.24) is 4.90 Å². The Hall–Kier alpha value is -1.38. The van der Waals surface area contributed by atoms with E-state index in [0.29, 0.717) is 18.0 Å². The average Bonchev–Trinajstić information content (AvgIpc) is 3.11. The molecule has 1 aliphatic carbocycles. The van der Waals surface area contributed by atoms with Gasteiger partial charge in [-0.1, -0.05) is 6.07 Å². The van der Waals surface area contributed by atoms with Crippen molar-refractivity contribution in [2.75, 3.05) is 6.54 Å². The number of benzene rings is 1. The van der Waals surface area contributed by atoms with Gasteiger partial charge < -0.3 is 4.90 Å². The molecule has 1 saturated carbocycles. The Labute approximate surface area is 107 Å². The number of rotatable bonds is 2. The number of carbonyl (C=O) groups is 1. The molecule has 1 fully saturated rings. The normalized spacial score (nSPS) is 19.3. The molecule has 0 saturated heterocycles. The molecule has 0 bridgehead atoms. The van der Waals surface area contributed by atoms with E-state index in [0.717, 1.165) is 30.4 Å². The highest BCUT2D eigenvalue weighted by atomic mass is 19.1. The second-order valence-electron chi connectivity index (χ2n) is 5.65. The van der Waals surface area contributed by atoms with Crippen molar-refractivity contribution >= 4 is 5.91 Å². The van der Waals surface area contributed by atoms with E-state index in [-0.39, 0.29) is 17.8 Å². The fourth-order valence-electron chi connectivity index (χ4n) is 2.75. The number of hydrogen-bond acceptors (Lipinski definition) is 1. The summed E-state index contributed by atoms with van der Waals surface area (Å²) in [6, 6.07) is 3.75. The van der Waals surface area contributed by atoms with Crippen molar-refractivity contribution in [1.29, 1.82) is 0 Å². The summed E-state index contributed by atoms with van der Waals surface area (Å²) in [5, 5.41) is 0. The first kappa shape index (κ1) is 11.7. The Morgan fingerprint density at radius 1 is 1.33 bits per heavy atom. The lowest BCUT2D eigenvalue weighted by atomic mass is 9.94. The van der Waals surface area contributed by atoms with Crippen molar-refractivity contribution < 1.29 is 9.18 Å². The van der Waals surface area contributed by atoms with Crippen LogP contribution in [0.4, 0.5) is 4.39 Å². The van der Waals surface area contributed by atoms with Crippen LogP contribution in [0.15, 0.2) is 12.1 Å². The van der Waals surface area contributed by atoms with E-state index in [9.17, 15) is 9.18 Å². The highest BCUT2D eigenvalue weighted by Gasteiger charge is 2.32. The molecule has 1 aromatic rings. The molecule has 18 heavy (non-hydrogen) atoms. The summed E-state index contributed by atoms with van der Waals surface area (Å²) in [5.41, 5.74) is 2.29. The van der Waals surface area contributed by atoms with Gasteiger partial charge in [0.25, 0.3) is 5.91 Å². The van der Waals surface area contributed by atoms with Crippen LogP contribution in [-0.2, 0) is 6.42 Å². The quantitative estimate of drug-likeness (QED) is 0.786. The predicted octanol–water partition coefficient (Wildman–Crippen LogP) is 3.11. The highest BCUT2D eigenvalue weighted by Crippen LogP contribution is 2.41. The minimum atomic E-state index is -0.329. The third kappa shape index (κ3) is 1.82. The van der Waals surface area contributed by atoms with Gasteiger partial charge in [0.05, 0.1) is 5.56 Å². The number of halogens is 1. The molecule has 0 spiro atoms. The molecule has 3 rings (SSSR count). The van der Waals surface area contributed by atoms with Crippen LogP contribution in [0.5, 0.6) is 0 Å². The number of hydrogen-bond donors (Lipinski definition) is 0. The minimum Gasteiger partial charge on any atom is -0.336 e. The minimum absolute atomic E-state index is 0.133. The summed E-state index contributed by atoms with van der Waals surface area (Å²) in [6.07, 6.45) is 3.09. The standard InChI is InChI=1S/C15H18FNO/c1-9(2)17-6-5-11-7-12(10-3-4-10)8-13(16)14(11)15(17)18/h7-10H,3-6H2,1-2H3. The van der Waals surface area contributed by atoms with Gasteiger partial charge in [-0.3, -0.25) is 4.79 Å². The molecule has 1 aliphatic heterocycles. The van der Waals surface area contributed by atoms with Gasteiger partial charge in [-0.2, -0.15) is 0 Å². The Morgan fingerprint density at radius 2 is 2.06 bits per heavy atom. The first-order valence-corrected chi connectivity index (χ1v) is 6.71. The first-order chi connectivity index (χ1) is 8.58. The van der Waals surface area contributed by atoms with Crippen molar-refractivity contribution in [2.24, 2.45) is 0 Å². The molecule has 1 amide bonds. The molecule has 1 aromatic carbocycles. The third-order valence-electron chi connectivity index (χ3n) is 3.96. The SMILES string of the molecule is CC(C)N1CCc2cc(C3CC3)cc(F)c2C1=O. The predicted molar refractivity (Wildman–Crippen MR) is 68.3 cm³/mol. The van der Waals surface area contributed by atoms with Gasteiger partial charge in [0.2, 0.25) is 0 Å². The van der Waals surface area contributed by atoms with Crippen LogP contribution in [-0.4, -0.2) is 23.4 Å². The number of carbonyl (C=O) groups excluding carboxylic acids is 1. The van der Waals surface area contributed by atoms with Crippen molar-refractivity contribution in [2.45, 2.75) is 45.1 Å². The van der Waals surface area contributed by atoms with E-state index < -0.39 is 0 Å². The number of amides is 1. The second kappa shape index (κ2) is 4.08. The van der Waals surface area contributed by atoms with Crippen molar-refractivity contribution in [3.05, 3.63) is 34.6 Å². The van der Waals surface area contributed by atoms with E-state index in [1.807, 2.05) is 19.9 Å². The van der Waals surface area contributed by atoms with Gasteiger partial charge in [-0.05, 0) is 56.2 Å². The van der Waals surface area contributed by atoms with Crippen LogP contribution in [0, 0.1) is 5.82 Å². The Bertz CT molecular complexity index is 505. The van der Waals surface area contributed by atoms with E-state index in [2.05, 4.69) is 0 Å². The van der Waals surface area contributed by atoms with Crippen LogP contribution in [0.2, 0.25) is 0 Å². The van der Waals surface area contributed by atoms with Crippen LogP contribution >= 0.6 is 0 Å². The fraction of sp³-hybridized carbons (Fsp3) is 0.533. The van der Waals surface area contributed by atoms with Gasteiger partial charge in [-0.25, -0.2) is 4.39 Å². The maximum Gasteiger partial charge on any atom is 0.257 e.